The molecule has 0 aliphatic rings. The fourth-order valence-electron chi connectivity index (χ4n) is 1.53. The van der Waals surface area contributed by atoms with E-state index in [1.807, 2.05) is 6.92 Å². The minimum absolute atomic E-state index is 0.131. The number of rotatable bonds is 6. The third kappa shape index (κ3) is 4.75. The number of nitrogens with one attached hydrogen (secondary N) is 1. The van der Waals surface area contributed by atoms with E-state index in [0.29, 0.717) is 22.9 Å². The third-order valence-electron chi connectivity index (χ3n) is 2.47. The van der Waals surface area contributed by atoms with Crippen LogP contribution in [0.1, 0.15) is 30.1 Å². The highest BCUT2D eigenvalue weighted by Crippen LogP contribution is 2.22. The first kappa shape index (κ1) is 15.1. The second-order valence-electron chi connectivity index (χ2n) is 4.02. The summed E-state index contributed by atoms with van der Waals surface area (Å²) in [6, 6.07) is 4.94. The standard InChI is InChI=1S/C13H17Cl2NO2/c1-9(14)4-3-7-16-13(17)11-6-5-10(15)8-12(11)18-2/h5-6,8-9H,3-4,7H2,1-2H3,(H,16,17). The van der Waals surface area contributed by atoms with Crippen LogP contribution in [0.15, 0.2) is 18.2 Å². The molecule has 0 radical (unpaired) electrons. The van der Waals surface area contributed by atoms with Crippen molar-refractivity contribution in [2.24, 2.45) is 0 Å². The zero-order valence-electron chi connectivity index (χ0n) is 10.5. The molecule has 1 rings (SSSR count). The SMILES string of the molecule is COc1cc(Cl)ccc1C(=O)NCCCC(C)Cl. The third-order valence-corrected chi connectivity index (χ3v) is 2.93. The molecule has 1 unspecified atom stereocenters. The Hall–Kier alpha value is -0.930. The monoisotopic (exact) mass is 289 g/mol. The van der Waals surface area contributed by atoms with Crippen LogP contribution < -0.4 is 10.1 Å². The number of methoxy groups -OCH3 is 1. The van der Waals surface area contributed by atoms with Crippen LogP contribution in [0.5, 0.6) is 5.75 Å². The first-order chi connectivity index (χ1) is 8.54. The van der Waals surface area contributed by atoms with E-state index in [0.717, 1.165) is 12.8 Å². The zero-order valence-corrected chi connectivity index (χ0v) is 12.0. The number of benzene rings is 1. The summed E-state index contributed by atoms with van der Waals surface area (Å²) in [6.45, 7) is 2.53. The maximum absolute atomic E-state index is 11.9. The van der Waals surface area contributed by atoms with E-state index in [1.54, 1.807) is 18.2 Å². The van der Waals surface area contributed by atoms with Gasteiger partial charge in [-0.25, -0.2) is 0 Å². The summed E-state index contributed by atoms with van der Waals surface area (Å²) in [4.78, 5) is 11.9. The van der Waals surface area contributed by atoms with Crippen molar-refractivity contribution in [1.82, 2.24) is 5.32 Å². The molecule has 1 atom stereocenters. The van der Waals surface area contributed by atoms with E-state index in [2.05, 4.69) is 5.32 Å². The highest BCUT2D eigenvalue weighted by atomic mass is 35.5. The summed E-state index contributed by atoms with van der Waals surface area (Å²) in [6.07, 6.45) is 1.73. The molecule has 100 valence electrons. The Labute approximate surface area is 117 Å². The molecule has 0 aliphatic heterocycles. The molecular formula is C13H17Cl2NO2. The Balaban J connectivity index is 2.56. The van der Waals surface area contributed by atoms with Gasteiger partial charge in [-0.2, -0.15) is 0 Å². The number of hydrogen-bond donors (Lipinski definition) is 1. The average molecular weight is 290 g/mol. The minimum atomic E-state index is -0.161. The molecule has 0 bridgehead atoms. The number of ether oxygens (including phenoxy) is 1. The molecular weight excluding hydrogens is 273 g/mol. The second-order valence-corrected chi connectivity index (χ2v) is 5.20. The number of halogens is 2. The second kappa shape index (κ2) is 7.49. The van der Waals surface area contributed by atoms with Crippen LogP contribution in [-0.2, 0) is 0 Å². The fourth-order valence-corrected chi connectivity index (χ4v) is 1.85. The number of carbonyl (C=O) groups is 1. The number of amides is 1. The van der Waals surface area contributed by atoms with Gasteiger partial charge in [0.05, 0.1) is 12.7 Å². The van der Waals surface area contributed by atoms with Gasteiger partial charge in [0.1, 0.15) is 5.75 Å². The van der Waals surface area contributed by atoms with E-state index < -0.39 is 0 Å². The molecule has 1 aromatic carbocycles. The van der Waals surface area contributed by atoms with Crippen molar-refractivity contribution in [1.29, 1.82) is 0 Å². The molecule has 3 nitrogen and oxygen atoms in total. The summed E-state index contributed by atoms with van der Waals surface area (Å²) in [7, 11) is 1.51. The van der Waals surface area contributed by atoms with E-state index >= 15 is 0 Å². The van der Waals surface area contributed by atoms with Gasteiger partial charge in [-0.15, -0.1) is 11.6 Å². The van der Waals surface area contributed by atoms with Gasteiger partial charge in [0.25, 0.3) is 5.91 Å². The molecule has 1 amide bonds. The van der Waals surface area contributed by atoms with Crippen molar-refractivity contribution in [3.8, 4) is 5.75 Å². The summed E-state index contributed by atoms with van der Waals surface area (Å²) in [5, 5.41) is 3.50. The Morgan fingerprint density at radius 3 is 2.83 bits per heavy atom. The highest BCUT2D eigenvalue weighted by molar-refractivity contribution is 6.30. The molecule has 18 heavy (non-hydrogen) atoms. The van der Waals surface area contributed by atoms with Crippen molar-refractivity contribution in [3.63, 3.8) is 0 Å². The van der Waals surface area contributed by atoms with Crippen LogP contribution >= 0.6 is 23.2 Å². The predicted octanol–water partition coefficient (Wildman–Crippen LogP) is 3.49. The number of alkyl halides is 1. The largest absolute Gasteiger partial charge is 0.496 e. The number of hydrogen-bond acceptors (Lipinski definition) is 2. The van der Waals surface area contributed by atoms with Gasteiger partial charge in [-0.05, 0) is 38.0 Å². The summed E-state index contributed by atoms with van der Waals surface area (Å²) in [5.41, 5.74) is 0.487. The lowest BCUT2D eigenvalue weighted by atomic mass is 10.2. The maximum atomic E-state index is 11.9. The van der Waals surface area contributed by atoms with Crippen LogP contribution in [0.25, 0.3) is 0 Å². The van der Waals surface area contributed by atoms with Gasteiger partial charge in [0.2, 0.25) is 0 Å². The predicted molar refractivity (Wildman–Crippen MR) is 74.9 cm³/mol. The first-order valence-electron chi connectivity index (χ1n) is 5.80. The van der Waals surface area contributed by atoms with Crippen LogP contribution in [-0.4, -0.2) is 24.9 Å². The van der Waals surface area contributed by atoms with E-state index in [-0.39, 0.29) is 11.3 Å². The topological polar surface area (TPSA) is 38.3 Å². The molecule has 0 saturated carbocycles. The molecule has 0 spiro atoms. The fraction of sp³-hybridized carbons (Fsp3) is 0.462. The maximum Gasteiger partial charge on any atom is 0.255 e. The Kier molecular flexibility index (Phi) is 6.30. The van der Waals surface area contributed by atoms with Crippen LogP contribution in [0.2, 0.25) is 5.02 Å². The lowest BCUT2D eigenvalue weighted by Crippen LogP contribution is -2.25. The molecule has 1 N–H and O–H groups in total. The molecule has 5 heteroatoms. The Bertz CT molecular complexity index is 408. The van der Waals surface area contributed by atoms with Crippen LogP contribution in [0.4, 0.5) is 0 Å². The van der Waals surface area contributed by atoms with E-state index in [1.165, 1.54) is 7.11 Å². The Morgan fingerprint density at radius 2 is 2.22 bits per heavy atom. The quantitative estimate of drug-likeness (QED) is 0.643. The summed E-state index contributed by atoms with van der Waals surface area (Å²) >= 11 is 11.7. The smallest absolute Gasteiger partial charge is 0.255 e. The molecule has 0 aromatic heterocycles. The summed E-state index contributed by atoms with van der Waals surface area (Å²) < 4.78 is 5.13. The van der Waals surface area contributed by atoms with Crippen LogP contribution in [0, 0.1) is 0 Å². The molecule has 0 aliphatic carbocycles. The molecule has 0 saturated heterocycles. The van der Waals surface area contributed by atoms with E-state index in [4.69, 9.17) is 27.9 Å². The minimum Gasteiger partial charge on any atom is -0.496 e. The molecule has 1 aromatic rings. The van der Waals surface area contributed by atoms with Crippen LogP contribution in [0.3, 0.4) is 0 Å². The van der Waals surface area contributed by atoms with Gasteiger partial charge in [0, 0.05) is 16.9 Å². The van der Waals surface area contributed by atoms with Crippen molar-refractivity contribution in [2.75, 3.05) is 13.7 Å². The van der Waals surface area contributed by atoms with Crippen molar-refractivity contribution in [3.05, 3.63) is 28.8 Å². The Morgan fingerprint density at radius 1 is 1.50 bits per heavy atom. The lowest BCUT2D eigenvalue weighted by molar-refractivity contribution is 0.0950. The van der Waals surface area contributed by atoms with Crippen molar-refractivity contribution >= 4 is 29.1 Å². The normalized spacial score (nSPS) is 12.0. The molecule has 0 heterocycles. The van der Waals surface area contributed by atoms with Gasteiger partial charge < -0.3 is 10.1 Å². The molecule has 0 fully saturated rings. The lowest BCUT2D eigenvalue weighted by Gasteiger charge is -2.10. The van der Waals surface area contributed by atoms with Gasteiger partial charge in [-0.3, -0.25) is 4.79 Å². The summed E-state index contributed by atoms with van der Waals surface area (Å²) in [5.74, 6) is 0.316. The van der Waals surface area contributed by atoms with Gasteiger partial charge >= 0.3 is 0 Å². The van der Waals surface area contributed by atoms with E-state index in [9.17, 15) is 4.79 Å². The zero-order chi connectivity index (χ0) is 13.5. The first-order valence-corrected chi connectivity index (χ1v) is 6.62. The van der Waals surface area contributed by atoms with Crippen molar-refractivity contribution in [2.45, 2.75) is 25.1 Å². The number of carbonyl (C=O) groups excluding carboxylic acids is 1. The van der Waals surface area contributed by atoms with Crippen molar-refractivity contribution < 1.29 is 9.53 Å². The highest BCUT2D eigenvalue weighted by Gasteiger charge is 2.11. The van der Waals surface area contributed by atoms with Gasteiger partial charge in [0.15, 0.2) is 0 Å². The van der Waals surface area contributed by atoms with Gasteiger partial charge in [-0.1, -0.05) is 11.6 Å². The average Bonchev–Trinajstić information content (AvgIpc) is 2.33.